The van der Waals surface area contributed by atoms with Crippen molar-refractivity contribution in [3.05, 3.63) is 48.8 Å². The molecule has 2 heterocycles. The zero-order chi connectivity index (χ0) is 13.9. The van der Waals surface area contributed by atoms with E-state index in [2.05, 4.69) is 9.97 Å². The summed E-state index contributed by atoms with van der Waals surface area (Å²) in [5, 5.41) is 0.551. The van der Waals surface area contributed by atoms with Gasteiger partial charge in [-0.3, -0.25) is 4.98 Å². The molecular formula is C15H13N3OS. The molecule has 0 fully saturated rings. The van der Waals surface area contributed by atoms with Crippen LogP contribution in [0.15, 0.2) is 48.8 Å². The van der Waals surface area contributed by atoms with E-state index in [1.54, 1.807) is 19.5 Å². The first-order valence-electron chi connectivity index (χ1n) is 6.09. The fourth-order valence-electron chi connectivity index (χ4n) is 1.97. The number of nitrogen functional groups attached to an aromatic ring is 1. The van der Waals surface area contributed by atoms with Crippen molar-refractivity contribution >= 4 is 16.5 Å². The molecule has 0 aliphatic carbocycles. The number of anilines is 1. The second-order valence-corrected chi connectivity index (χ2v) is 5.23. The van der Waals surface area contributed by atoms with E-state index in [-0.39, 0.29) is 0 Å². The lowest BCUT2D eigenvalue weighted by molar-refractivity contribution is 0.415. The van der Waals surface area contributed by atoms with Crippen LogP contribution in [0.5, 0.6) is 5.75 Å². The molecule has 5 heteroatoms. The summed E-state index contributed by atoms with van der Waals surface area (Å²) in [6.07, 6.45) is 3.54. The van der Waals surface area contributed by atoms with Crippen molar-refractivity contribution in [2.24, 2.45) is 0 Å². The van der Waals surface area contributed by atoms with Crippen LogP contribution in [0.25, 0.3) is 21.7 Å². The third-order valence-corrected chi connectivity index (χ3v) is 3.86. The Bertz CT molecular complexity index is 708. The Morgan fingerprint density at radius 2 is 1.90 bits per heavy atom. The fraction of sp³-hybridized carbons (Fsp3) is 0.0667. The summed E-state index contributed by atoms with van der Waals surface area (Å²) in [6.45, 7) is 0. The van der Waals surface area contributed by atoms with Crippen molar-refractivity contribution in [1.82, 2.24) is 9.97 Å². The molecule has 0 aliphatic rings. The molecule has 3 aromatic rings. The van der Waals surface area contributed by atoms with Crippen molar-refractivity contribution in [2.45, 2.75) is 0 Å². The van der Waals surface area contributed by atoms with Gasteiger partial charge in [-0.05, 0) is 42.0 Å². The summed E-state index contributed by atoms with van der Waals surface area (Å²) in [5.41, 5.74) is 8.77. The van der Waals surface area contributed by atoms with Gasteiger partial charge in [0.1, 0.15) is 5.75 Å². The molecule has 4 nitrogen and oxygen atoms in total. The van der Waals surface area contributed by atoms with E-state index in [9.17, 15) is 0 Å². The van der Waals surface area contributed by atoms with E-state index in [0.29, 0.717) is 5.13 Å². The molecule has 0 amide bonds. The Balaban J connectivity index is 2.09. The number of nitrogens with zero attached hydrogens (tertiary/aromatic N) is 2. The van der Waals surface area contributed by atoms with Gasteiger partial charge in [-0.1, -0.05) is 11.3 Å². The van der Waals surface area contributed by atoms with Gasteiger partial charge in [0.05, 0.1) is 17.7 Å². The average Bonchev–Trinajstić information content (AvgIpc) is 2.90. The van der Waals surface area contributed by atoms with Crippen LogP contribution in [0.2, 0.25) is 0 Å². The number of rotatable bonds is 3. The van der Waals surface area contributed by atoms with Gasteiger partial charge >= 0.3 is 0 Å². The lowest BCUT2D eigenvalue weighted by Crippen LogP contribution is -1.85. The Morgan fingerprint density at radius 3 is 2.55 bits per heavy atom. The van der Waals surface area contributed by atoms with E-state index in [0.717, 1.165) is 27.4 Å². The van der Waals surface area contributed by atoms with E-state index in [4.69, 9.17) is 10.5 Å². The van der Waals surface area contributed by atoms with Gasteiger partial charge in [0.25, 0.3) is 0 Å². The highest BCUT2D eigenvalue weighted by Crippen LogP contribution is 2.38. The smallest absolute Gasteiger partial charge is 0.181 e. The topological polar surface area (TPSA) is 61.0 Å². The Morgan fingerprint density at radius 1 is 1.10 bits per heavy atom. The number of nitrogens with two attached hydrogens (primary N) is 1. The van der Waals surface area contributed by atoms with Gasteiger partial charge in [-0.15, -0.1) is 0 Å². The van der Waals surface area contributed by atoms with Crippen LogP contribution < -0.4 is 10.5 Å². The average molecular weight is 283 g/mol. The van der Waals surface area contributed by atoms with Gasteiger partial charge in [-0.2, -0.15) is 0 Å². The predicted octanol–water partition coefficient (Wildman–Crippen LogP) is 3.46. The molecule has 0 saturated heterocycles. The molecule has 0 spiro atoms. The highest BCUT2D eigenvalue weighted by atomic mass is 32.1. The van der Waals surface area contributed by atoms with Gasteiger partial charge < -0.3 is 10.5 Å². The molecule has 3 rings (SSSR count). The number of hydrogen-bond acceptors (Lipinski definition) is 5. The highest BCUT2D eigenvalue weighted by Gasteiger charge is 2.13. The number of pyridine rings is 1. The predicted molar refractivity (Wildman–Crippen MR) is 81.7 cm³/mol. The van der Waals surface area contributed by atoms with E-state index >= 15 is 0 Å². The third kappa shape index (κ3) is 2.35. The van der Waals surface area contributed by atoms with Crippen molar-refractivity contribution in [3.8, 4) is 27.4 Å². The fourth-order valence-corrected chi connectivity index (χ4v) is 2.83. The summed E-state index contributed by atoms with van der Waals surface area (Å²) in [7, 11) is 1.65. The number of aromatic nitrogens is 2. The molecule has 20 heavy (non-hydrogen) atoms. The summed E-state index contributed by atoms with van der Waals surface area (Å²) in [6, 6.07) is 11.7. The second-order valence-electron chi connectivity index (χ2n) is 4.20. The first kappa shape index (κ1) is 12.6. The monoisotopic (exact) mass is 283 g/mol. The minimum Gasteiger partial charge on any atom is -0.497 e. The summed E-state index contributed by atoms with van der Waals surface area (Å²) < 4.78 is 5.18. The number of benzene rings is 1. The molecule has 2 aromatic heterocycles. The lowest BCUT2D eigenvalue weighted by Gasteiger charge is -2.04. The normalized spacial score (nSPS) is 10.4. The first-order chi connectivity index (χ1) is 9.78. The molecule has 1 aromatic carbocycles. The molecular weight excluding hydrogens is 270 g/mol. The lowest BCUT2D eigenvalue weighted by atomic mass is 10.1. The minimum absolute atomic E-state index is 0.551. The van der Waals surface area contributed by atoms with Crippen LogP contribution in [0.4, 0.5) is 5.13 Å². The van der Waals surface area contributed by atoms with Crippen molar-refractivity contribution in [1.29, 1.82) is 0 Å². The molecule has 0 radical (unpaired) electrons. The summed E-state index contributed by atoms with van der Waals surface area (Å²) in [5.74, 6) is 0.828. The molecule has 0 bridgehead atoms. The van der Waals surface area contributed by atoms with Crippen LogP contribution in [0.3, 0.4) is 0 Å². The van der Waals surface area contributed by atoms with Gasteiger partial charge in [-0.25, -0.2) is 4.98 Å². The molecule has 0 atom stereocenters. The third-order valence-electron chi connectivity index (χ3n) is 2.93. The second kappa shape index (κ2) is 5.30. The van der Waals surface area contributed by atoms with Gasteiger partial charge in [0, 0.05) is 18.0 Å². The van der Waals surface area contributed by atoms with Crippen LogP contribution >= 0.6 is 11.3 Å². The Labute approximate surface area is 120 Å². The Kier molecular flexibility index (Phi) is 3.35. The number of hydrogen-bond donors (Lipinski definition) is 1. The largest absolute Gasteiger partial charge is 0.497 e. The standard InChI is InChI=1S/C15H13N3OS/c1-19-12-6-4-10(5-7-12)14-13(18-15(16)20-14)11-3-2-8-17-9-11/h2-9H,1H3,(H2,16,18). The van der Waals surface area contributed by atoms with Crippen molar-refractivity contribution in [2.75, 3.05) is 12.8 Å². The number of thiazole rings is 1. The summed E-state index contributed by atoms with van der Waals surface area (Å²) >= 11 is 1.47. The van der Waals surface area contributed by atoms with Gasteiger partial charge in [0.15, 0.2) is 5.13 Å². The summed E-state index contributed by atoms with van der Waals surface area (Å²) in [4.78, 5) is 9.60. The Hall–Kier alpha value is -2.40. The maximum absolute atomic E-state index is 5.87. The quantitative estimate of drug-likeness (QED) is 0.799. The van der Waals surface area contributed by atoms with Gasteiger partial charge in [0.2, 0.25) is 0 Å². The molecule has 100 valence electrons. The maximum Gasteiger partial charge on any atom is 0.181 e. The van der Waals surface area contributed by atoms with Crippen LogP contribution in [0, 0.1) is 0 Å². The molecule has 0 aliphatic heterocycles. The highest BCUT2D eigenvalue weighted by molar-refractivity contribution is 7.19. The van der Waals surface area contributed by atoms with E-state index in [1.807, 2.05) is 36.4 Å². The zero-order valence-corrected chi connectivity index (χ0v) is 11.7. The first-order valence-corrected chi connectivity index (χ1v) is 6.90. The molecule has 0 unspecified atom stereocenters. The van der Waals surface area contributed by atoms with E-state index in [1.165, 1.54) is 11.3 Å². The number of ether oxygens (including phenoxy) is 1. The minimum atomic E-state index is 0.551. The van der Waals surface area contributed by atoms with Crippen LogP contribution in [-0.4, -0.2) is 17.1 Å². The molecule has 0 saturated carbocycles. The maximum atomic E-state index is 5.87. The van der Waals surface area contributed by atoms with Crippen molar-refractivity contribution < 1.29 is 4.74 Å². The van der Waals surface area contributed by atoms with Crippen molar-refractivity contribution in [3.63, 3.8) is 0 Å². The zero-order valence-electron chi connectivity index (χ0n) is 10.9. The SMILES string of the molecule is COc1ccc(-c2sc(N)nc2-c2cccnc2)cc1. The number of methoxy groups -OCH3 is 1. The van der Waals surface area contributed by atoms with E-state index < -0.39 is 0 Å². The van der Waals surface area contributed by atoms with Crippen LogP contribution in [-0.2, 0) is 0 Å². The van der Waals surface area contributed by atoms with Crippen LogP contribution in [0.1, 0.15) is 0 Å². The molecule has 2 N–H and O–H groups in total.